The van der Waals surface area contributed by atoms with Crippen molar-refractivity contribution in [1.82, 2.24) is 24.1 Å². The fourth-order valence-corrected chi connectivity index (χ4v) is 5.58. The molecule has 4 aromatic rings. The number of fused-ring (bicyclic) bond motifs is 2. The van der Waals surface area contributed by atoms with Crippen molar-refractivity contribution in [2.24, 2.45) is 7.05 Å². The Morgan fingerprint density at radius 3 is 2.87 bits per heavy atom. The molecule has 0 amide bonds. The lowest BCUT2D eigenvalue weighted by Crippen LogP contribution is -2.13. The first-order chi connectivity index (χ1) is 14.5. The molecular formula is C22H22FN5OS. The molecule has 2 atom stereocenters. The summed E-state index contributed by atoms with van der Waals surface area (Å²) >= 11 is 0. The molecule has 30 heavy (non-hydrogen) atoms. The minimum atomic E-state index is -1.57. The van der Waals surface area contributed by atoms with Gasteiger partial charge in [-0.3, -0.25) is 8.65 Å². The van der Waals surface area contributed by atoms with Gasteiger partial charge in [0, 0.05) is 36.4 Å². The summed E-state index contributed by atoms with van der Waals surface area (Å²) in [5.74, 6) is -0.318. The van der Waals surface area contributed by atoms with E-state index in [9.17, 15) is 8.60 Å². The Morgan fingerprint density at radius 2 is 2.10 bits per heavy atom. The van der Waals surface area contributed by atoms with Crippen molar-refractivity contribution in [3.63, 3.8) is 0 Å². The molecule has 0 spiro atoms. The Labute approximate surface area is 176 Å². The molecule has 0 radical (unpaired) electrons. The van der Waals surface area contributed by atoms with Gasteiger partial charge in [-0.1, -0.05) is 12.1 Å². The van der Waals surface area contributed by atoms with Crippen LogP contribution in [0.3, 0.4) is 0 Å². The van der Waals surface area contributed by atoms with Crippen molar-refractivity contribution in [3.8, 4) is 11.3 Å². The molecule has 0 bridgehead atoms. The number of hydrogen-bond donors (Lipinski definition) is 1. The quantitative estimate of drug-likeness (QED) is 0.544. The van der Waals surface area contributed by atoms with Gasteiger partial charge in [-0.15, -0.1) is 0 Å². The highest BCUT2D eigenvalue weighted by Crippen LogP contribution is 2.41. The molecule has 3 heterocycles. The van der Waals surface area contributed by atoms with Crippen molar-refractivity contribution < 1.29 is 8.60 Å². The maximum atomic E-state index is 14.8. The van der Waals surface area contributed by atoms with Crippen LogP contribution in [0.4, 0.5) is 4.39 Å². The standard InChI is InChI=1S/C22H22FN5OS/c1-13-17-10-14(11-25-22(17)27(3)26-13)30(29)28-12-18-15(8-9-20(18)24-2)21(28)16-6-4-5-7-19(16)23/h4-7,10-12,20,24H,8-9H2,1-3H3. The van der Waals surface area contributed by atoms with E-state index in [4.69, 9.17) is 0 Å². The summed E-state index contributed by atoms with van der Waals surface area (Å²) in [6.45, 7) is 1.91. The number of nitrogens with one attached hydrogen (secondary N) is 1. The Balaban J connectivity index is 1.70. The van der Waals surface area contributed by atoms with Crippen molar-refractivity contribution in [2.75, 3.05) is 7.05 Å². The van der Waals surface area contributed by atoms with Crippen LogP contribution in [0, 0.1) is 12.7 Å². The maximum absolute atomic E-state index is 14.8. The number of aromatic nitrogens is 4. The molecule has 6 nitrogen and oxygen atoms in total. The molecule has 1 N–H and O–H groups in total. The van der Waals surface area contributed by atoms with E-state index in [0.717, 1.165) is 40.7 Å². The average molecular weight is 424 g/mol. The van der Waals surface area contributed by atoms with Crippen molar-refractivity contribution in [3.05, 3.63) is 65.4 Å². The average Bonchev–Trinajstić information content (AvgIpc) is 3.40. The number of aryl methyl sites for hydroxylation is 2. The normalized spacial score (nSPS) is 16.9. The fraction of sp³-hybridized carbons (Fsp3) is 0.273. The van der Waals surface area contributed by atoms with Gasteiger partial charge < -0.3 is 5.32 Å². The third kappa shape index (κ3) is 2.82. The molecule has 0 fully saturated rings. The van der Waals surface area contributed by atoms with Crippen LogP contribution in [0.5, 0.6) is 0 Å². The molecule has 1 aliphatic rings. The van der Waals surface area contributed by atoms with Crippen LogP contribution in [0.15, 0.2) is 47.6 Å². The van der Waals surface area contributed by atoms with Crippen LogP contribution in [-0.2, 0) is 24.5 Å². The summed E-state index contributed by atoms with van der Waals surface area (Å²) in [5.41, 5.74) is 4.86. The lowest BCUT2D eigenvalue weighted by molar-refractivity contribution is 0.587. The highest BCUT2D eigenvalue weighted by Gasteiger charge is 2.31. The molecular weight excluding hydrogens is 401 g/mol. The van der Waals surface area contributed by atoms with Gasteiger partial charge in [0.25, 0.3) is 0 Å². The number of pyridine rings is 1. The van der Waals surface area contributed by atoms with Gasteiger partial charge in [0.15, 0.2) is 16.6 Å². The Kier molecular flexibility index (Phi) is 4.56. The molecule has 3 aromatic heterocycles. The molecule has 8 heteroatoms. The molecule has 0 saturated carbocycles. The van der Waals surface area contributed by atoms with E-state index in [2.05, 4.69) is 15.4 Å². The van der Waals surface area contributed by atoms with E-state index >= 15 is 0 Å². The summed E-state index contributed by atoms with van der Waals surface area (Å²) in [6.07, 6.45) is 5.28. The van der Waals surface area contributed by atoms with E-state index in [1.807, 2.05) is 39.3 Å². The number of halogens is 1. The van der Waals surface area contributed by atoms with E-state index < -0.39 is 11.0 Å². The van der Waals surface area contributed by atoms with Crippen LogP contribution in [0.25, 0.3) is 22.3 Å². The van der Waals surface area contributed by atoms with Crippen molar-refractivity contribution >= 4 is 22.0 Å². The van der Waals surface area contributed by atoms with Crippen molar-refractivity contribution in [1.29, 1.82) is 0 Å². The van der Waals surface area contributed by atoms with Crippen LogP contribution in [0.2, 0.25) is 0 Å². The van der Waals surface area contributed by atoms with Gasteiger partial charge in [0.2, 0.25) is 0 Å². The molecule has 0 aliphatic heterocycles. The van der Waals surface area contributed by atoms with Gasteiger partial charge in [-0.25, -0.2) is 13.6 Å². The maximum Gasteiger partial charge on any atom is 0.158 e. The van der Waals surface area contributed by atoms with E-state index in [0.29, 0.717) is 16.2 Å². The first-order valence-corrected chi connectivity index (χ1v) is 11.0. The molecule has 154 valence electrons. The third-order valence-electron chi connectivity index (χ3n) is 5.87. The van der Waals surface area contributed by atoms with Gasteiger partial charge in [-0.05, 0) is 56.1 Å². The summed E-state index contributed by atoms with van der Waals surface area (Å²) in [4.78, 5) is 5.03. The second kappa shape index (κ2) is 7.14. The lowest BCUT2D eigenvalue weighted by atomic mass is 10.1. The minimum Gasteiger partial charge on any atom is -0.313 e. The smallest absolute Gasteiger partial charge is 0.158 e. The minimum absolute atomic E-state index is 0.171. The van der Waals surface area contributed by atoms with Gasteiger partial charge in [-0.2, -0.15) is 5.10 Å². The zero-order chi connectivity index (χ0) is 21.0. The number of rotatable bonds is 4. The zero-order valence-electron chi connectivity index (χ0n) is 17.0. The monoisotopic (exact) mass is 423 g/mol. The second-order valence-corrected chi connectivity index (χ2v) is 8.96. The van der Waals surface area contributed by atoms with Crippen LogP contribution < -0.4 is 5.32 Å². The van der Waals surface area contributed by atoms with Gasteiger partial charge in [0.1, 0.15) is 5.82 Å². The number of hydrogen-bond acceptors (Lipinski definition) is 4. The highest BCUT2D eigenvalue weighted by atomic mass is 32.2. The predicted octanol–water partition coefficient (Wildman–Crippen LogP) is 3.66. The topological polar surface area (TPSA) is 64.7 Å². The van der Waals surface area contributed by atoms with Crippen LogP contribution in [0.1, 0.15) is 29.3 Å². The van der Waals surface area contributed by atoms with Crippen molar-refractivity contribution in [2.45, 2.75) is 30.7 Å². The zero-order valence-corrected chi connectivity index (χ0v) is 17.8. The Hall–Kier alpha value is -2.84. The van der Waals surface area contributed by atoms with E-state index in [-0.39, 0.29) is 11.9 Å². The second-order valence-electron chi connectivity index (χ2n) is 7.60. The molecule has 5 rings (SSSR count). The van der Waals surface area contributed by atoms with E-state index in [1.54, 1.807) is 27.0 Å². The predicted molar refractivity (Wildman–Crippen MR) is 115 cm³/mol. The van der Waals surface area contributed by atoms with Gasteiger partial charge >= 0.3 is 0 Å². The SMILES string of the molecule is CNC1CCc2c1cn(S(=O)c1cnc3c(c1)c(C)nn3C)c2-c1ccccc1F. The Morgan fingerprint density at radius 1 is 1.30 bits per heavy atom. The third-order valence-corrected chi connectivity index (χ3v) is 7.14. The van der Waals surface area contributed by atoms with Gasteiger partial charge in [0.05, 0.1) is 16.3 Å². The van der Waals surface area contributed by atoms with Crippen LogP contribution in [-0.4, -0.2) is 30.0 Å². The number of nitrogens with zero attached hydrogens (tertiary/aromatic N) is 4. The summed E-state index contributed by atoms with van der Waals surface area (Å²) in [5, 5.41) is 8.57. The first kappa shape index (κ1) is 19.1. The van der Waals surface area contributed by atoms with E-state index in [1.165, 1.54) is 6.07 Å². The fourth-order valence-electron chi connectivity index (χ4n) is 4.41. The Bertz CT molecular complexity index is 1310. The lowest BCUT2D eigenvalue weighted by Gasteiger charge is -2.12. The summed E-state index contributed by atoms with van der Waals surface area (Å²) in [7, 11) is 2.18. The summed E-state index contributed by atoms with van der Waals surface area (Å²) in [6, 6.07) is 8.71. The van der Waals surface area contributed by atoms with Crippen LogP contribution >= 0.6 is 0 Å². The number of benzene rings is 1. The molecule has 0 saturated heterocycles. The highest BCUT2D eigenvalue weighted by molar-refractivity contribution is 7.83. The first-order valence-electron chi connectivity index (χ1n) is 9.87. The summed E-state index contributed by atoms with van der Waals surface area (Å²) < 4.78 is 31.8. The molecule has 1 aliphatic carbocycles. The largest absolute Gasteiger partial charge is 0.313 e. The molecule has 2 unspecified atom stereocenters. The molecule has 1 aromatic carbocycles.